The molecule has 0 radical (unpaired) electrons. The molecule has 0 aromatic carbocycles. The van der Waals surface area contributed by atoms with Gasteiger partial charge in [0, 0.05) is 33.3 Å². The van der Waals surface area contributed by atoms with Gasteiger partial charge in [0.25, 0.3) is 0 Å². The Bertz CT molecular complexity index is 332. The van der Waals surface area contributed by atoms with E-state index in [1.165, 1.54) is 0 Å². The number of rotatable bonds is 7. The molecule has 1 fully saturated rings. The molecule has 122 valence electrons. The Labute approximate surface area is 126 Å². The number of hydrogen-bond donors (Lipinski definition) is 2. The summed E-state index contributed by atoms with van der Waals surface area (Å²) in [6, 6.07) is -0.0476. The van der Waals surface area contributed by atoms with Crippen LogP contribution in [-0.2, 0) is 9.53 Å². The van der Waals surface area contributed by atoms with E-state index in [1.807, 2.05) is 4.90 Å². The van der Waals surface area contributed by atoms with Crippen LogP contribution in [-0.4, -0.2) is 79.4 Å². The summed E-state index contributed by atoms with van der Waals surface area (Å²) in [5, 5.41) is 11.8. The summed E-state index contributed by atoms with van der Waals surface area (Å²) >= 11 is 0. The molecule has 0 bridgehead atoms. The van der Waals surface area contributed by atoms with Crippen molar-refractivity contribution < 1.29 is 19.4 Å². The van der Waals surface area contributed by atoms with E-state index in [0.717, 1.165) is 19.3 Å². The molecule has 7 heteroatoms. The van der Waals surface area contributed by atoms with E-state index in [-0.39, 0.29) is 18.6 Å². The van der Waals surface area contributed by atoms with Crippen LogP contribution in [0.2, 0.25) is 0 Å². The van der Waals surface area contributed by atoms with Crippen molar-refractivity contribution in [2.45, 2.75) is 32.2 Å². The second kappa shape index (κ2) is 9.57. The molecule has 0 aromatic heterocycles. The van der Waals surface area contributed by atoms with Crippen molar-refractivity contribution in [2.24, 2.45) is 0 Å². The average molecular weight is 301 g/mol. The molecule has 0 spiro atoms. The van der Waals surface area contributed by atoms with E-state index in [4.69, 9.17) is 9.84 Å². The maximum atomic E-state index is 12.3. The lowest BCUT2D eigenvalue weighted by Crippen LogP contribution is -2.47. The highest BCUT2D eigenvalue weighted by Gasteiger charge is 2.21. The Kier molecular flexibility index (Phi) is 8.07. The first-order valence-electron chi connectivity index (χ1n) is 7.55. The molecule has 1 aliphatic rings. The maximum Gasteiger partial charge on any atom is 0.317 e. The third-order valence-corrected chi connectivity index (χ3v) is 3.57. The summed E-state index contributed by atoms with van der Waals surface area (Å²) in [6.45, 7) is 5.16. The fourth-order valence-corrected chi connectivity index (χ4v) is 2.54. The molecular weight excluding hydrogens is 274 g/mol. The van der Waals surface area contributed by atoms with Crippen LogP contribution in [0.5, 0.6) is 0 Å². The van der Waals surface area contributed by atoms with Gasteiger partial charge in [0.05, 0.1) is 19.2 Å². The second-order valence-electron chi connectivity index (χ2n) is 5.40. The third-order valence-electron chi connectivity index (χ3n) is 3.57. The lowest BCUT2D eigenvalue weighted by atomic mass is 10.2. The van der Waals surface area contributed by atoms with Gasteiger partial charge in [0.2, 0.25) is 0 Å². The number of ether oxygens (including phenoxy) is 1. The molecule has 2 amide bonds. The van der Waals surface area contributed by atoms with Gasteiger partial charge in [-0.3, -0.25) is 9.69 Å². The minimum absolute atomic E-state index is 0.0332. The number of carboxylic acids is 1. The highest BCUT2D eigenvalue weighted by atomic mass is 16.5. The summed E-state index contributed by atoms with van der Waals surface area (Å²) in [5.41, 5.74) is 0. The molecule has 1 saturated heterocycles. The number of nitrogens with zero attached hydrogens (tertiary/aromatic N) is 2. The van der Waals surface area contributed by atoms with E-state index >= 15 is 0 Å². The molecule has 0 aromatic rings. The molecule has 1 unspecified atom stereocenters. The van der Waals surface area contributed by atoms with Crippen LogP contribution in [0.25, 0.3) is 0 Å². The first kappa shape index (κ1) is 17.7. The number of carboxylic acid groups (broad SMARTS) is 1. The summed E-state index contributed by atoms with van der Waals surface area (Å²) in [5.74, 6) is -0.823. The Morgan fingerprint density at radius 2 is 2.05 bits per heavy atom. The predicted octanol–water partition coefficient (Wildman–Crippen LogP) is 0.603. The van der Waals surface area contributed by atoms with Crippen molar-refractivity contribution >= 4 is 12.0 Å². The minimum Gasteiger partial charge on any atom is -0.480 e. The number of urea groups is 1. The number of nitrogens with one attached hydrogen (secondary N) is 1. The normalized spacial score (nSPS) is 18.1. The van der Waals surface area contributed by atoms with Crippen molar-refractivity contribution in [1.29, 1.82) is 0 Å². The summed E-state index contributed by atoms with van der Waals surface area (Å²) in [7, 11) is 1.63. The lowest BCUT2D eigenvalue weighted by Gasteiger charge is -2.25. The first-order valence-corrected chi connectivity index (χ1v) is 7.55. The van der Waals surface area contributed by atoms with Gasteiger partial charge in [0.15, 0.2) is 0 Å². The maximum absolute atomic E-state index is 12.3. The van der Waals surface area contributed by atoms with Gasteiger partial charge in [0.1, 0.15) is 0 Å². The van der Waals surface area contributed by atoms with Crippen LogP contribution in [0.15, 0.2) is 0 Å². The Hall–Kier alpha value is -1.34. The molecule has 0 saturated carbocycles. The van der Waals surface area contributed by atoms with Crippen LogP contribution >= 0.6 is 0 Å². The van der Waals surface area contributed by atoms with E-state index in [2.05, 4.69) is 12.2 Å². The molecular formula is C14H27N3O4. The van der Waals surface area contributed by atoms with Crippen LogP contribution in [0.3, 0.4) is 0 Å². The SMILES string of the molecule is CCCC(COC)NC(=O)N1CCCN(CC(=O)O)CC1. The van der Waals surface area contributed by atoms with Gasteiger partial charge in [-0.05, 0) is 12.8 Å². The fraction of sp³-hybridized carbons (Fsp3) is 0.857. The molecule has 1 atom stereocenters. The predicted molar refractivity (Wildman–Crippen MR) is 79.4 cm³/mol. The summed E-state index contributed by atoms with van der Waals surface area (Å²) in [6.07, 6.45) is 2.67. The molecule has 1 heterocycles. The molecule has 1 rings (SSSR count). The van der Waals surface area contributed by atoms with Crippen molar-refractivity contribution in [3.63, 3.8) is 0 Å². The van der Waals surface area contributed by atoms with Gasteiger partial charge >= 0.3 is 12.0 Å². The first-order chi connectivity index (χ1) is 10.1. The van der Waals surface area contributed by atoms with Crippen LogP contribution in [0.4, 0.5) is 4.79 Å². The average Bonchev–Trinajstić information content (AvgIpc) is 2.64. The second-order valence-corrected chi connectivity index (χ2v) is 5.40. The van der Waals surface area contributed by atoms with Gasteiger partial charge < -0.3 is 20.1 Å². The quantitative estimate of drug-likeness (QED) is 0.720. The molecule has 7 nitrogen and oxygen atoms in total. The van der Waals surface area contributed by atoms with Gasteiger partial charge in [-0.15, -0.1) is 0 Å². The largest absolute Gasteiger partial charge is 0.480 e. The van der Waals surface area contributed by atoms with Crippen molar-refractivity contribution in [3.8, 4) is 0 Å². The molecule has 21 heavy (non-hydrogen) atoms. The summed E-state index contributed by atoms with van der Waals surface area (Å²) < 4.78 is 5.12. The van der Waals surface area contributed by atoms with Crippen molar-refractivity contribution in [1.82, 2.24) is 15.1 Å². The molecule has 1 aliphatic heterocycles. The third kappa shape index (κ3) is 6.77. The zero-order chi connectivity index (χ0) is 15.7. The smallest absolute Gasteiger partial charge is 0.317 e. The fourth-order valence-electron chi connectivity index (χ4n) is 2.54. The van der Waals surface area contributed by atoms with Gasteiger partial charge in [-0.1, -0.05) is 13.3 Å². The molecule has 0 aliphatic carbocycles. The minimum atomic E-state index is -0.823. The standard InChI is InChI=1S/C14H27N3O4/c1-3-5-12(11-21-2)15-14(20)17-7-4-6-16(8-9-17)10-13(18)19/h12H,3-11H2,1-2H3,(H,15,20)(H,18,19). The number of hydrogen-bond acceptors (Lipinski definition) is 4. The number of aliphatic carboxylic acids is 1. The number of methoxy groups -OCH3 is 1. The van der Waals surface area contributed by atoms with Crippen LogP contribution < -0.4 is 5.32 Å². The van der Waals surface area contributed by atoms with Crippen molar-refractivity contribution in [2.75, 3.05) is 46.4 Å². The van der Waals surface area contributed by atoms with Crippen molar-refractivity contribution in [3.05, 3.63) is 0 Å². The lowest BCUT2D eigenvalue weighted by molar-refractivity contribution is -0.138. The monoisotopic (exact) mass is 301 g/mol. The topological polar surface area (TPSA) is 82.1 Å². The Balaban J connectivity index is 2.44. The van der Waals surface area contributed by atoms with E-state index in [9.17, 15) is 9.59 Å². The Morgan fingerprint density at radius 1 is 1.29 bits per heavy atom. The highest BCUT2D eigenvalue weighted by Crippen LogP contribution is 2.05. The van der Waals surface area contributed by atoms with Crippen LogP contribution in [0, 0.1) is 0 Å². The zero-order valence-electron chi connectivity index (χ0n) is 13.0. The zero-order valence-corrected chi connectivity index (χ0v) is 13.0. The number of amides is 2. The van der Waals surface area contributed by atoms with Gasteiger partial charge in [-0.25, -0.2) is 4.79 Å². The summed E-state index contributed by atoms with van der Waals surface area (Å²) in [4.78, 5) is 26.6. The molecule has 2 N–H and O–H groups in total. The van der Waals surface area contributed by atoms with Gasteiger partial charge in [-0.2, -0.15) is 0 Å². The Morgan fingerprint density at radius 3 is 2.67 bits per heavy atom. The van der Waals surface area contributed by atoms with Crippen LogP contribution in [0.1, 0.15) is 26.2 Å². The number of carbonyl (C=O) groups is 2. The van der Waals surface area contributed by atoms with E-state index < -0.39 is 5.97 Å². The number of carbonyl (C=O) groups excluding carboxylic acids is 1. The highest BCUT2D eigenvalue weighted by molar-refractivity contribution is 5.74. The van der Waals surface area contributed by atoms with E-state index in [0.29, 0.717) is 32.8 Å². The van der Waals surface area contributed by atoms with E-state index in [1.54, 1.807) is 12.0 Å².